The zero-order chi connectivity index (χ0) is 14.7. The fraction of sp³-hybridized carbons (Fsp3) is 0.385. The predicted molar refractivity (Wildman–Crippen MR) is 69.3 cm³/mol. The van der Waals surface area contributed by atoms with Gasteiger partial charge in [-0.25, -0.2) is 4.79 Å². The Morgan fingerprint density at radius 3 is 2.75 bits per heavy atom. The van der Waals surface area contributed by atoms with Crippen molar-refractivity contribution >= 4 is 17.6 Å². The summed E-state index contributed by atoms with van der Waals surface area (Å²) in [5, 5.41) is 20.1. The fourth-order valence-corrected chi connectivity index (χ4v) is 2.35. The summed E-state index contributed by atoms with van der Waals surface area (Å²) in [6.45, 7) is 0.655. The smallest absolute Gasteiger partial charge is 0.343 e. The highest BCUT2D eigenvalue weighted by Crippen LogP contribution is 2.24. The van der Waals surface area contributed by atoms with Crippen LogP contribution < -0.4 is 0 Å². The lowest BCUT2D eigenvalue weighted by Crippen LogP contribution is -2.35. The van der Waals surface area contributed by atoms with Crippen LogP contribution in [0, 0.1) is 10.1 Å². The number of hydrogen-bond donors (Lipinski definition) is 1. The topological polar surface area (TPSA) is 101 Å². The molecule has 2 rings (SSSR count). The minimum absolute atomic E-state index is 0.0425. The SMILES string of the molecule is O=C(O)c1c(CN2CCCCC2=O)cccc1[N+](=O)[O-]. The molecule has 0 aromatic heterocycles. The summed E-state index contributed by atoms with van der Waals surface area (Å²) in [6, 6.07) is 4.11. The van der Waals surface area contributed by atoms with Gasteiger partial charge in [-0.2, -0.15) is 0 Å². The van der Waals surface area contributed by atoms with Crippen LogP contribution in [0.3, 0.4) is 0 Å². The number of nitro groups is 1. The average Bonchev–Trinajstić information content (AvgIpc) is 2.40. The molecule has 0 spiro atoms. The predicted octanol–water partition coefficient (Wildman–Crippen LogP) is 1.81. The number of rotatable bonds is 4. The Bertz CT molecular complexity index is 570. The molecule has 1 aliphatic rings. The van der Waals surface area contributed by atoms with E-state index in [1.807, 2.05) is 0 Å². The lowest BCUT2D eigenvalue weighted by molar-refractivity contribution is -0.385. The van der Waals surface area contributed by atoms with Crippen LogP contribution in [0.5, 0.6) is 0 Å². The zero-order valence-corrected chi connectivity index (χ0v) is 10.7. The van der Waals surface area contributed by atoms with Gasteiger partial charge in [0.2, 0.25) is 5.91 Å². The fourth-order valence-electron chi connectivity index (χ4n) is 2.35. The number of benzene rings is 1. The highest BCUT2D eigenvalue weighted by Gasteiger charge is 2.26. The van der Waals surface area contributed by atoms with Gasteiger partial charge in [0, 0.05) is 25.6 Å². The van der Waals surface area contributed by atoms with Crippen molar-refractivity contribution in [3.8, 4) is 0 Å². The van der Waals surface area contributed by atoms with Gasteiger partial charge in [0.25, 0.3) is 5.69 Å². The largest absolute Gasteiger partial charge is 0.477 e. The van der Waals surface area contributed by atoms with Crippen molar-refractivity contribution in [1.29, 1.82) is 0 Å². The van der Waals surface area contributed by atoms with E-state index < -0.39 is 16.6 Å². The van der Waals surface area contributed by atoms with Gasteiger partial charge in [-0.3, -0.25) is 14.9 Å². The number of carboxylic acid groups (broad SMARTS) is 1. The summed E-state index contributed by atoms with van der Waals surface area (Å²) in [6.07, 6.45) is 2.14. The average molecular weight is 278 g/mol. The van der Waals surface area contributed by atoms with Gasteiger partial charge in [-0.05, 0) is 18.4 Å². The minimum atomic E-state index is -1.35. The summed E-state index contributed by atoms with van der Waals surface area (Å²) in [4.78, 5) is 34.7. The first-order valence-corrected chi connectivity index (χ1v) is 6.28. The van der Waals surface area contributed by atoms with E-state index in [2.05, 4.69) is 0 Å². The maximum absolute atomic E-state index is 11.7. The Labute approximate surface area is 115 Å². The number of amides is 1. The van der Waals surface area contributed by atoms with Crippen molar-refractivity contribution in [3.05, 3.63) is 39.4 Å². The van der Waals surface area contributed by atoms with Gasteiger partial charge < -0.3 is 10.0 Å². The summed E-state index contributed by atoms with van der Waals surface area (Å²) in [7, 11) is 0. The van der Waals surface area contributed by atoms with Crippen LogP contribution >= 0.6 is 0 Å². The molecule has 0 aliphatic carbocycles. The maximum Gasteiger partial charge on any atom is 0.343 e. The lowest BCUT2D eigenvalue weighted by Gasteiger charge is -2.27. The van der Waals surface area contributed by atoms with E-state index in [0.717, 1.165) is 18.9 Å². The van der Waals surface area contributed by atoms with Crippen molar-refractivity contribution in [3.63, 3.8) is 0 Å². The van der Waals surface area contributed by atoms with Crippen molar-refractivity contribution in [1.82, 2.24) is 4.90 Å². The van der Waals surface area contributed by atoms with Gasteiger partial charge >= 0.3 is 5.97 Å². The van der Waals surface area contributed by atoms with Crippen molar-refractivity contribution < 1.29 is 19.6 Å². The molecule has 7 heteroatoms. The molecule has 7 nitrogen and oxygen atoms in total. The van der Waals surface area contributed by atoms with Crippen LogP contribution in [-0.2, 0) is 11.3 Å². The molecular formula is C13H14N2O5. The third-order valence-electron chi connectivity index (χ3n) is 3.32. The number of carbonyl (C=O) groups is 2. The number of piperidine rings is 1. The van der Waals surface area contributed by atoms with E-state index in [1.165, 1.54) is 12.1 Å². The molecule has 1 heterocycles. The monoisotopic (exact) mass is 278 g/mol. The van der Waals surface area contributed by atoms with Gasteiger partial charge in [0.05, 0.1) is 4.92 Å². The number of nitro benzene ring substituents is 1. The molecule has 0 atom stereocenters. The number of nitrogens with zero attached hydrogens (tertiary/aromatic N) is 2. The van der Waals surface area contributed by atoms with Crippen LogP contribution in [0.1, 0.15) is 35.2 Å². The first-order chi connectivity index (χ1) is 9.50. The first-order valence-electron chi connectivity index (χ1n) is 6.28. The molecule has 1 aliphatic heterocycles. The van der Waals surface area contributed by atoms with E-state index >= 15 is 0 Å². The van der Waals surface area contributed by atoms with Crippen LogP contribution in [0.2, 0.25) is 0 Å². The Hall–Kier alpha value is -2.44. The van der Waals surface area contributed by atoms with E-state index in [0.29, 0.717) is 18.5 Å². The summed E-state index contributed by atoms with van der Waals surface area (Å²) >= 11 is 0. The highest BCUT2D eigenvalue weighted by molar-refractivity contribution is 5.94. The first kappa shape index (κ1) is 14.0. The number of carboxylic acids is 1. The Balaban J connectivity index is 2.36. The molecule has 1 N–H and O–H groups in total. The van der Waals surface area contributed by atoms with Gasteiger partial charge in [-0.15, -0.1) is 0 Å². The number of hydrogen-bond acceptors (Lipinski definition) is 4. The molecule has 0 saturated carbocycles. The Morgan fingerprint density at radius 2 is 2.15 bits per heavy atom. The van der Waals surface area contributed by atoms with Gasteiger partial charge in [0.15, 0.2) is 0 Å². The number of likely N-dealkylation sites (tertiary alicyclic amines) is 1. The molecule has 1 saturated heterocycles. The van der Waals surface area contributed by atoms with Crippen molar-refractivity contribution in [2.75, 3.05) is 6.54 Å². The van der Waals surface area contributed by atoms with Crippen LogP contribution in [0.25, 0.3) is 0 Å². The molecule has 106 valence electrons. The minimum Gasteiger partial charge on any atom is -0.477 e. The van der Waals surface area contributed by atoms with Gasteiger partial charge in [0.1, 0.15) is 5.56 Å². The van der Waals surface area contributed by atoms with Crippen LogP contribution in [-0.4, -0.2) is 33.4 Å². The number of aromatic carboxylic acids is 1. The molecule has 0 bridgehead atoms. The Kier molecular flexibility index (Phi) is 3.97. The van der Waals surface area contributed by atoms with E-state index in [4.69, 9.17) is 0 Å². The molecule has 1 aromatic rings. The van der Waals surface area contributed by atoms with Crippen LogP contribution in [0.15, 0.2) is 18.2 Å². The summed E-state index contributed by atoms with van der Waals surface area (Å²) in [5.74, 6) is -1.39. The second-order valence-corrected chi connectivity index (χ2v) is 4.65. The van der Waals surface area contributed by atoms with Crippen molar-refractivity contribution in [2.24, 2.45) is 0 Å². The summed E-state index contributed by atoms with van der Waals surface area (Å²) < 4.78 is 0. The molecule has 20 heavy (non-hydrogen) atoms. The molecule has 1 amide bonds. The van der Waals surface area contributed by atoms with E-state index in [1.54, 1.807) is 4.90 Å². The van der Waals surface area contributed by atoms with Crippen LogP contribution in [0.4, 0.5) is 5.69 Å². The second-order valence-electron chi connectivity index (χ2n) is 4.65. The second kappa shape index (κ2) is 5.68. The molecule has 0 radical (unpaired) electrons. The maximum atomic E-state index is 11.7. The highest BCUT2D eigenvalue weighted by atomic mass is 16.6. The normalized spacial score (nSPS) is 15.2. The third-order valence-corrected chi connectivity index (χ3v) is 3.32. The molecule has 1 fully saturated rings. The lowest BCUT2D eigenvalue weighted by atomic mass is 10.0. The van der Waals surface area contributed by atoms with Gasteiger partial charge in [-0.1, -0.05) is 12.1 Å². The van der Waals surface area contributed by atoms with E-state index in [9.17, 15) is 24.8 Å². The summed E-state index contributed by atoms with van der Waals surface area (Å²) in [5.41, 5.74) is -0.489. The van der Waals surface area contributed by atoms with E-state index in [-0.39, 0.29) is 18.0 Å². The molecule has 1 aromatic carbocycles. The number of carbonyl (C=O) groups excluding carboxylic acids is 1. The zero-order valence-electron chi connectivity index (χ0n) is 10.7. The van der Waals surface area contributed by atoms with Crippen molar-refractivity contribution in [2.45, 2.75) is 25.8 Å². The molecule has 0 unspecified atom stereocenters. The third kappa shape index (κ3) is 2.76. The molecular weight excluding hydrogens is 264 g/mol. The quantitative estimate of drug-likeness (QED) is 0.668. The standard InChI is InChI=1S/C13H14N2O5/c16-11-6-1-2-7-14(11)8-9-4-3-5-10(15(19)20)12(9)13(17)18/h3-5H,1-2,6-8H2,(H,17,18). The Morgan fingerprint density at radius 1 is 1.40 bits per heavy atom.